The maximum atomic E-state index is 10.7. The molecule has 0 aliphatic carbocycles. The van der Waals surface area contributed by atoms with Gasteiger partial charge in [-0.3, -0.25) is 4.79 Å². The molecule has 91 valence electrons. The van der Waals surface area contributed by atoms with Gasteiger partial charge in [-0.25, -0.2) is 0 Å². The van der Waals surface area contributed by atoms with E-state index < -0.39 is 0 Å². The van der Waals surface area contributed by atoms with E-state index in [1.165, 1.54) is 13.5 Å². The lowest BCUT2D eigenvalue weighted by molar-refractivity contribution is -0.137. The second-order valence-corrected chi connectivity index (χ2v) is 3.71. The van der Waals surface area contributed by atoms with Crippen molar-refractivity contribution in [3.8, 4) is 11.5 Å². The van der Waals surface area contributed by atoms with Gasteiger partial charge in [-0.15, -0.1) is 0 Å². The monoisotopic (exact) mass is 241 g/mol. The minimum atomic E-state index is -0.343. The van der Waals surface area contributed by atoms with Gasteiger partial charge in [-0.1, -0.05) is 30.3 Å². The highest BCUT2D eigenvalue weighted by Crippen LogP contribution is 2.22. The van der Waals surface area contributed by atoms with Gasteiger partial charge in [-0.05, 0) is 24.3 Å². The summed E-state index contributed by atoms with van der Waals surface area (Å²) in [6.07, 6.45) is 0. The normalized spacial score (nSPS) is 9.83. The van der Waals surface area contributed by atoms with Crippen molar-refractivity contribution in [3.63, 3.8) is 0 Å². The molecule has 2 aromatic rings. The summed E-state index contributed by atoms with van der Waals surface area (Å²) in [5, 5.41) is 0. The molecule has 0 saturated carbocycles. The fraction of sp³-hybridized carbons (Fsp3) is 0.0667. The van der Waals surface area contributed by atoms with Crippen molar-refractivity contribution in [2.75, 3.05) is 0 Å². The zero-order valence-corrected chi connectivity index (χ0v) is 10.00. The van der Waals surface area contributed by atoms with Crippen molar-refractivity contribution in [1.29, 1.82) is 0 Å². The number of para-hydroxylation sites is 1. The standard InChI is InChI=1S/C15H13O3/c1-12(16)17-11-13-6-5-9-15(10-13)18-14-7-3-2-4-8-14/h2-11H,1H3. The first-order valence-electron chi connectivity index (χ1n) is 5.57. The van der Waals surface area contributed by atoms with Crippen LogP contribution in [0, 0.1) is 6.61 Å². The molecular weight excluding hydrogens is 228 g/mol. The Labute approximate surface area is 106 Å². The predicted octanol–water partition coefficient (Wildman–Crippen LogP) is 3.55. The van der Waals surface area contributed by atoms with Crippen LogP contribution in [0.15, 0.2) is 54.6 Å². The van der Waals surface area contributed by atoms with Crippen molar-refractivity contribution in [2.45, 2.75) is 6.92 Å². The molecule has 18 heavy (non-hydrogen) atoms. The summed E-state index contributed by atoms with van der Waals surface area (Å²) in [4.78, 5) is 10.7. The van der Waals surface area contributed by atoms with Gasteiger partial charge in [0.25, 0.3) is 0 Å². The zero-order chi connectivity index (χ0) is 12.8. The quantitative estimate of drug-likeness (QED) is 0.768. The van der Waals surface area contributed by atoms with E-state index in [1.54, 1.807) is 6.07 Å². The van der Waals surface area contributed by atoms with Crippen molar-refractivity contribution in [2.24, 2.45) is 0 Å². The van der Waals surface area contributed by atoms with Gasteiger partial charge in [0.2, 0.25) is 0 Å². The third kappa shape index (κ3) is 3.63. The van der Waals surface area contributed by atoms with Gasteiger partial charge in [0.05, 0.1) is 0 Å². The van der Waals surface area contributed by atoms with Gasteiger partial charge in [-0.2, -0.15) is 0 Å². The maximum absolute atomic E-state index is 10.7. The molecule has 0 saturated heterocycles. The van der Waals surface area contributed by atoms with Gasteiger partial charge in [0, 0.05) is 12.5 Å². The molecule has 3 nitrogen and oxygen atoms in total. The van der Waals surface area contributed by atoms with Crippen molar-refractivity contribution < 1.29 is 14.3 Å². The number of hydrogen-bond donors (Lipinski definition) is 0. The van der Waals surface area contributed by atoms with Crippen LogP contribution in [0.25, 0.3) is 0 Å². The Hall–Kier alpha value is -2.29. The Balaban J connectivity index is 2.05. The molecule has 0 aliphatic rings. The third-order valence-electron chi connectivity index (χ3n) is 2.20. The van der Waals surface area contributed by atoms with E-state index in [4.69, 9.17) is 9.47 Å². The summed E-state index contributed by atoms with van der Waals surface area (Å²) < 4.78 is 10.5. The summed E-state index contributed by atoms with van der Waals surface area (Å²) in [6.45, 7) is 2.76. The van der Waals surface area contributed by atoms with Gasteiger partial charge >= 0.3 is 5.97 Å². The van der Waals surface area contributed by atoms with Crippen molar-refractivity contribution >= 4 is 5.97 Å². The summed E-state index contributed by atoms with van der Waals surface area (Å²) >= 11 is 0. The van der Waals surface area contributed by atoms with Crippen LogP contribution in [0.1, 0.15) is 12.5 Å². The number of carbonyl (C=O) groups excluding carboxylic acids is 1. The van der Waals surface area contributed by atoms with E-state index in [9.17, 15) is 4.79 Å². The van der Waals surface area contributed by atoms with Gasteiger partial charge < -0.3 is 9.47 Å². The molecule has 0 atom stereocenters. The molecule has 0 aromatic heterocycles. The molecule has 3 heteroatoms. The Morgan fingerprint density at radius 1 is 1.00 bits per heavy atom. The van der Waals surface area contributed by atoms with Crippen molar-refractivity contribution in [3.05, 3.63) is 66.8 Å². The molecule has 0 amide bonds. The SMILES string of the molecule is CC(=O)O[CH]c1cccc(Oc2ccccc2)c1. The van der Waals surface area contributed by atoms with Crippen LogP contribution < -0.4 is 4.74 Å². The van der Waals surface area contributed by atoms with E-state index in [-0.39, 0.29) is 5.97 Å². The first-order chi connectivity index (χ1) is 8.74. The molecule has 0 unspecified atom stereocenters. The van der Waals surface area contributed by atoms with Crippen LogP contribution in [-0.2, 0) is 9.53 Å². The Morgan fingerprint density at radius 2 is 1.72 bits per heavy atom. The van der Waals surface area contributed by atoms with E-state index in [0.29, 0.717) is 5.75 Å². The molecule has 2 rings (SSSR count). The van der Waals surface area contributed by atoms with Crippen LogP contribution in [0.4, 0.5) is 0 Å². The fourth-order valence-corrected chi connectivity index (χ4v) is 1.43. The highest BCUT2D eigenvalue weighted by Gasteiger charge is 2.01. The van der Waals surface area contributed by atoms with E-state index in [2.05, 4.69) is 0 Å². The molecule has 0 fully saturated rings. The first kappa shape index (κ1) is 12.2. The lowest BCUT2D eigenvalue weighted by Crippen LogP contribution is -1.96. The topological polar surface area (TPSA) is 35.5 Å². The van der Waals surface area contributed by atoms with Crippen LogP contribution >= 0.6 is 0 Å². The Morgan fingerprint density at radius 3 is 2.44 bits per heavy atom. The smallest absolute Gasteiger partial charge is 0.303 e. The fourth-order valence-electron chi connectivity index (χ4n) is 1.43. The van der Waals surface area contributed by atoms with Crippen LogP contribution in [0.2, 0.25) is 0 Å². The highest BCUT2D eigenvalue weighted by molar-refractivity contribution is 5.66. The predicted molar refractivity (Wildman–Crippen MR) is 68.1 cm³/mol. The number of rotatable bonds is 4. The summed E-state index contributed by atoms with van der Waals surface area (Å²) in [5.74, 6) is 1.12. The largest absolute Gasteiger partial charge is 0.457 e. The summed E-state index contributed by atoms with van der Waals surface area (Å²) in [5.41, 5.74) is 0.777. The van der Waals surface area contributed by atoms with E-state index in [0.717, 1.165) is 11.3 Å². The maximum Gasteiger partial charge on any atom is 0.303 e. The lowest BCUT2D eigenvalue weighted by Gasteiger charge is -2.07. The molecule has 0 heterocycles. The van der Waals surface area contributed by atoms with Crippen LogP contribution in [0.3, 0.4) is 0 Å². The molecule has 0 aliphatic heterocycles. The molecule has 2 aromatic carbocycles. The molecule has 0 spiro atoms. The lowest BCUT2D eigenvalue weighted by atomic mass is 10.2. The number of carbonyl (C=O) groups is 1. The van der Waals surface area contributed by atoms with Crippen LogP contribution in [-0.4, -0.2) is 5.97 Å². The van der Waals surface area contributed by atoms with Crippen molar-refractivity contribution in [1.82, 2.24) is 0 Å². The highest BCUT2D eigenvalue weighted by atomic mass is 16.5. The Kier molecular flexibility index (Phi) is 3.97. The molecule has 0 N–H and O–H groups in total. The molecule has 1 radical (unpaired) electrons. The first-order valence-corrected chi connectivity index (χ1v) is 5.57. The number of ether oxygens (including phenoxy) is 2. The number of benzene rings is 2. The van der Waals surface area contributed by atoms with E-state index >= 15 is 0 Å². The zero-order valence-electron chi connectivity index (χ0n) is 10.00. The minimum absolute atomic E-state index is 0.343. The average molecular weight is 241 g/mol. The van der Waals surface area contributed by atoms with Crippen LogP contribution in [0.5, 0.6) is 11.5 Å². The van der Waals surface area contributed by atoms with Gasteiger partial charge in [0.1, 0.15) is 11.5 Å². The number of hydrogen-bond acceptors (Lipinski definition) is 3. The second kappa shape index (κ2) is 5.87. The number of esters is 1. The average Bonchev–Trinajstić information content (AvgIpc) is 2.38. The molecule has 0 bridgehead atoms. The minimum Gasteiger partial charge on any atom is -0.457 e. The molecular formula is C15H13O3. The summed E-state index contributed by atoms with van der Waals surface area (Å²) in [7, 11) is 0. The van der Waals surface area contributed by atoms with E-state index in [1.807, 2.05) is 48.5 Å². The Bertz CT molecular complexity index is 520. The summed E-state index contributed by atoms with van der Waals surface area (Å²) in [6, 6.07) is 16.8. The second-order valence-electron chi connectivity index (χ2n) is 3.71. The van der Waals surface area contributed by atoms with Gasteiger partial charge in [0.15, 0.2) is 6.61 Å². The third-order valence-corrected chi connectivity index (χ3v) is 2.20.